The molecule has 3 aliphatic heterocycles. The van der Waals surface area contributed by atoms with E-state index in [1.807, 2.05) is 83.8 Å². The van der Waals surface area contributed by atoms with Gasteiger partial charge in [0.25, 0.3) is 11.8 Å². The van der Waals surface area contributed by atoms with Crippen molar-refractivity contribution in [3.8, 4) is 34.2 Å². The second kappa shape index (κ2) is 21.2. The number of aromatic nitrogens is 2. The van der Waals surface area contributed by atoms with E-state index in [1.165, 1.54) is 5.01 Å². The number of nitrogens with one attached hydrogen (secondary N) is 2. The first-order valence-corrected chi connectivity index (χ1v) is 24.6. The minimum atomic E-state index is -0.944. The van der Waals surface area contributed by atoms with Crippen molar-refractivity contribution >= 4 is 34.6 Å². The average Bonchev–Trinajstić information content (AvgIpc) is 3.89. The molecule has 14 heteroatoms. The number of likely N-dealkylation sites (tertiary alicyclic amines) is 1. The molecule has 0 saturated carbocycles. The Morgan fingerprint density at radius 2 is 1.78 bits per heavy atom. The molecule has 5 heterocycles. The Hall–Kier alpha value is -5.59. The molecule has 14 nitrogen and oxygen atoms in total. The molecule has 2 saturated heterocycles. The van der Waals surface area contributed by atoms with Crippen molar-refractivity contribution < 1.29 is 28.7 Å². The van der Waals surface area contributed by atoms with Gasteiger partial charge >= 0.3 is 5.97 Å². The summed E-state index contributed by atoms with van der Waals surface area (Å²) in [5.74, 6) is 4.87. The minimum Gasteiger partial charge on any atom is -0.464 e. The lowest BCUT2D eigenvalue weighted by Gasteiger charge is -2.37. The van der Waals surface area contributed by atoms with Crippen molar-refractivity contribution in [2.45, 2.75) is 110 Å². The van der Waals surface area contributed by atoms with Crippen molar-refractivity contribution in [1.29, 1.82) is 0 Å². The summed E-state index contributed by atoms with van der Waals surface area (Å²) in [6, 6.07) is 16.5. The second-order valence-corrected chi connectivity index (χ2v) is 21.4. The molecule has 2 aromatic heterocycles. The lowest BCUT2D eigenvalue weighted by Crippen LogP contribution is -2.62. The van der Waals surface area contributed by atoms with Crippen molar-refractivity contribution in [2.75, 3.05) is 61.0 Å². The number of benzene rings is 2. The smallest absolute Gasteiger partial charge is 0.324 e. The van der Waals surface area contributed by atoms with Crippen LogP contribution in [-0.2, 0) is 48.5 Å². The van der Waals surface area contributed by atoms with Gasteiger partial charge in [-0.15, -0.1) is 0 Å². The number of methoxy groups -OCH3 is 1. The van der Waals surface area contributed by atoms with Crippen LogP contribution in [0.25, 0.3) is 33.3 Å². The van der Waals surface area contributed by atoms with E-state index in [0.29, 0.717) is 45.4 Å². The van der Waals surface area contributed by atoms with Crippen molar-refractivity contribution in [1.82, 2.24) is 40.0 Å². The van der Waals surface area contributed by atoms with Crippen LogP contribution in [0.5, 0.6) is 0 Å². The van der Waals surface area contributed by atoms with Crippen molar-refractivity contribution in [3.63, 3.8) is 0 Å². The molecule has 370 valence electrons. The zero-order valence-corrected chi connectivity index (χ0v) is 42.9. The predicted molar refractivity (Wildman–Crippen MR) is 270 cm³/mol. The van der Waals surface area contributed by atoms with Crippen LogP contribution in [0.1, 0.15) is 90.7 Å². The Labute approximate surface area is 409 Å². The predicted octanol–water partition coefficient (Wildman–Crippen LogP) is 6.41. The summed E-state index contributed by atoms with van der Waals surface area (Å²) in [6.07, 6.45) is 4.28. The quantitative estimate of drug-likeness (QED) is 0.135. The molecule has 1 unspecified atom stereocenters. The molecule has 4 aromatic rings. The third-order valence-electron chi connectivity index (χ3n) is 14.5. The van der Waals surface area contributed by atoms with Crippen molar-refractivity contribution in [3.05, 3.63) is 77.6 Å². The Kier molecular flexibility index (Phi) is 15.7. The van der Waals surface area contributed by atoms with Crippen LogP contribution >= 0.6 is 0 Å². The zero-order chi connectivity index (χ0) is 49.9. The van der Waals surface area contributed by atoms with E-state index in [1.54, 1.807) is 13.3 Å². The van der Waals surface area contributed by atoms with Crippen LogP contribution in [0.15, 0.2) is 60.8 Å². The third-order valence-corrected chi connectivity index (χ3v) is 14.5. The number of likely N-dealkylation sites (N-methyl/N-ethyl adjacent to an activating group) is 1. The summed E-state index contributed by atoms with van der Waals surface area (Å²) in [7, 11) is 9.61. The Bertz CT molecular complexity index is 2610. The summed E-state index contributed by atoms with van der Waals surface area (Å²) >= 11 is 0. The summed E-state index contributed by atoms with van der Waals surface area (Å²) in [6.45, 7) is 16.5. The van der Waals surface area contributed by atoms with E-state index in [0.717, 1.165) is 56.5 Å². The molecule has 2 fully saturated rings. The van der Waals surface area contributed by atoms with Crippen molar-refractivity contribution in [2.24, 2.45) is 24.3 Å². The molecule has 7 rings (SSSR count). The number of carbonyl (C=O) groups is 4. The van der Waals surface area contributed by atoms with Gasteiger partial charge in [-0.3, -0.25) is 39.0 Å². The number of aryl methyl sites for hydroxylation is 1. The van der Waals surface area contributed by atoms with E-state index in [2.05, 4.69) is 89.3 Å². The largest absolute Gasteiger partial charge is 0.464 e. The number of hydrogen-bond donors (Lipinski definition) is 2. The standard InChI is InChI=1S/C55H74N8O6/c1-35(2)49(60(10)32-38-23-27-62(33-38)47(64)22-24-55(6,7)59(8)9)51(65)57-45-29-37-16-13-17-39(28-37)40-20-21-46-42(30-40)43(50(61(46)11)41-18-14-25-56-48(41)36(3)68-12)31-54(4,5)34-69-53(67)44-19-15-26-63(58-44)52(45)66/h13-14,16-18,20-21,25,28,30,35-36,38,44-45,49,58H,15,19,23,26-27,29,31-34H2,1-12H3,(H,57,65)/t36-,38?,44-,45-,49-/m0/s1. The SMILES string of the molecule is CO[C@@H](C)c1ncccc1-c1c2c3cc(ccc3n1C)-c1cccc(c1)C[C@H](NC(=O)[C@H](C(C)C)N(C)CC1CCN(C(=O)C#CC(C)(C)N(C)C)C1)C(=O)N1CCC[C@H](N1)C(=O)OCC(C)(C)C2. The minimum absolute atomic E-state index is 0.0890. The van der Waals surface area contributed by atoms with Gasteiger partial charge in [-0.05, 0) is 132 Å². The number of carbonyl (C=O) groups excluding carboxylic acids is 4. The molecule has 5 atom stereocenters. The maximum Gasteiger partial charge on any atom is 0.324 e. The monoisotopic (exact) mass is 943 g/mol. The second-order valence-electron chi connectivity index (χ2n) is 21.4. The highest BCUT2D eigenvalue weighted by Crippen LogP contribution is 2.41. The maximum atomic E-state index is 14.8. The highest BCUT2D eigenvalue weighted by atomic mass is 16.5. The molecule has 6 bridgehead atoms. The number of cyclic esters (lactones) is 1. The van der Waals surface area contributed by atoms with Gasteiger partial charge in [-0.1, -0.05) is 63.9 Å². The molecule has 2 aromatic carbocycles. The first kappa shape index (κ1) is 51.3. The molecule has 3 amide bonds. The van der Waals surface area contributed by atoms with E-state index >= 15 is 0 Å². The molecule has 0 radical (unpaired) electrons. The van der Waals surface area contributed by atoms with Gasteiger partial charge in [0.05, 0.1) is 35.7 Å². The van der Waals surface area contributed by atoms with Gasteiger partial charge in [0.1, 0.15) is 12.1 Å². The number of pyridine rings is 1. The Morgan fingerprint density at radius 1 is 1.03 bits per heavy atom. The molecule has 3 aliphatic rings. The number of amides is 3. The molecular weight excluding hydrogens is 869 g/mol. The number of fused-ring (bicyclic) bond motifs is 6. The third kappa shape index (κ3) is 11.6. The fourth-order valence-electron chi connectivity index (χ4n) is 10.1. The van der Waals surface area contributed by atoms with Crippen LogP contribution in [0, 0.1) is 29.1 Å². The normalized spacial score (nSPS) is 20.9. The van der Waals surface area contributed by atoms with Gasteiger partial charge in [0.15, 0.2) is 0 Å². The van der Waals surface area contributed by atoms with Crippen LogP contribution in [-0.4, -0.2) is 138 Å². The molecular formula is C55H74N8O6. The van der Waals surface area contributed by atoms with Gasteiger partial charge in [-0.2, -0.15) is 0 Å². The lowest BCUT2D eigenvalue weighted by molar-refractivity contribution is -0.155. The molecule has 2 N–H and O–H groups in total. The zero-order valence-electron chi connectivity index (χ0n) is 42.9. The highest BCUT2D eigenvalue weighted by molar-refractivity contribution is 5.96. The Balaban J connectivity index is 1.21. The number of ether oxygens (including phenoxy) is 2. The van der Waals surface area contributed by atoms with Crippen LogP contribution in [0.4, 0.5) is 0 Å². The summed E-state index contributed by atoms with van der Waals surface area (Å²) < 4.78 is 14.2. The van der Waals surface area contributed by atoms with E-state index in [4.69, 9.17) is 14.5 Å². The summed E-state index contributed by atoms with van der Waals surface area (Å²) in [5, 5.41) is 5.79. The van der Waals surface area contributed by atoms with Crippen LogP contribution in [0.2, 0.25) is 0 Å². The number of nitrogens with zero attached hydrogens (tertiary/aromatic N) is 6. The first-order valence-electron chi connectivity index (χ1n) is 24.6. The van der Waals surface area contributed by atoms with Gasteiger partial charge in [0, 0.05) is 74.8 Å². The molecule has 0 aliphatic carbocycles. The highest BCUT2D eigenvalue weighted by Gasteiger charge is 2.38. The number of esters is 1. The fourth-order valence-corrected chi connectivity index (χ4v) is 10.1. The Morgan fingerprint density at radius 3 is 2.51 bits per heavy atom. The van der Waals surface area contributed by atoms with Crippen LogP contribution < -0.4 is 10.7 Å². The summed E-state index contributed by atoms with van der Waals surface area (Å²) in [5.41, 5.74) is 10.2. The van der Waals surface area contributed by atoms with Gasteiger partial charge in [0.2, 0.25) is 5.91 Å². The molecule has 0 spiro atoms. The van der Waals surface area contributed by atoms with E-state index < -0.39 is 35.0 Å². The topological polar surface area (TPSA) is 142 Å². The number of rotatable bonds is 10. The van der Waals surface area contributed by atoms with E-state index in [-0.39, 0.29) is 48.7 Å². The van der Waals surface area contributed by atoms with Crippen LogP contribution in [0.3, 0.4) is 0 Å². The average molecular weight is 943 g/mol. The molecule has 69 heavy (non-hydrogen) atoms. The maximum absolute atomic E-state index is 14.8. The lowest BCUT2D eigenvalue weighted by atomic mass is 9.84. The summed E-state index contributed by atoms with van der Waals surface area (Å²) in [4.78, 5) is 67.2. The number of hydrogen-bond acceptors (Lipinski definition) is 10. The van der Waals surface area contributed by atoms with E-state index in [9.17, 15) is 19.2 Å². The first-order chi connectivity index (χ1) is 32.7. The number of hydrazine groups is 1. The van der Waals surface area contributed by atoms with Gasteiger partial charge < -0.3 is 24.3 Å². The fraction of sp³-hybridized carbons (Fsp3) is 0.545. The van der Waals surface area contributed by atoms with Gasteiger partial charge in [-0.25, -0.2) is 5.43 Å².